The Labute approximate surface area is 170 Å². The van der Waals surface area contributed by atoms with Gasteiger partial charge in [-0.2, -0.15) is 0 Å². The first-order chi connectivity index (χ1) is 14.0. The van der Waals surface area contributed by atoms with E-state index in [1.54, 1.807) is 32.4 Å². The van der Waals surface area contributed by atoms with Crippen LogP contribution in [0.5, 0.6) is 11.5 Å². The van der Waals surface area contributed by atoms with Crippen LogP contribution >= 0.6 is 0 Å². The Bertz CT molecular complexity index is 812. The molecule has 8 heteroatoms. The summed E-state index contributed by atoms with van der Waals surface area (Å²) in [6, 6.07) is 13.7. The lowest BCUT2D eigenvalue weighted by molar-refractivity contribution is -0.120. The Morgan fingerprint density at radius 3 is 2.48 bits per heavy atom. The van der Waals surface area contributed by atoms with Crippen molar-refractivity contribution in [3.8, 4) is 11.5 Å². The van der Waals surface area contributed by atoms with Crippen molar-refractivity contribution in [2.75, 3.05) is 27.2 Å². The first-order valence-corrected chi connectivity index (χ1v) is 9.27. The third kappa shape index (κ3) is 7.69. The Hall–Kier alpha value is -3.29. The molecule has 2 rings (SSSR count). The van der Waals surface area contributed by atoms with Crippen molar-refractivity contribution in [3.63, 3.8) is 0 Å². The van der Waals surface area contributed by atoms with Gasteiger partial charge < -0.3 is 25.4 Å². The second-order valence-electron chi connectivity index (χ2n) is 6.29. The van der Waals surface area contributed by atoms with Crippen LogP contribution in [0.25, 0.3) is 0 Å². The van der Waals surface area contributed by atoms with E-state index in [1.165, 1.54) is 6.07 Å². The van der Waals surface area contributed by atoms with Gasteiger partial charge >= 0.3 is 0 Å². The number of carbonyl (C=O) groups is 1. The molecule has 0 aliphatic rings. The number of nitrogens with one attached hydrogen (secondary N) is 3. The summed E-state index contributed by atoms with van der Waals surface area (Å²) >= 11 is 0. The average molecular weight is 402 g/mol. The molecule has 1 amide bonds. The largest absolute Gasteiger partial charge is 0.497 e. The summed E-state index contributed by atoms with van der Waals surface area (Å²) in [5, 5.41) is 8.81. The molecule has 0 aromatic heterocycles. The quantitative estimate of drug-likeness (QED) is 0.442. The van der Waals surface area contributed by atoms with Crippen LogP contribution in [0.1, 0.15) is 12.5 Å². The van der Waals surface area contributed by atoms with Crippen LogP contribution < -0.4 is 25.4 Å². The van der Waals surface area contributed by atoms with Crippen molar-refractivity contribution in [1.82, 2.24) is 16.0 Å². The van der Waals surface area contributed by atoms with Crippen molar-refractivity contribution < 1.29 is 18.7 Å². The molecular weight excluding hydrogens is 375 g/mol. The Balaban J connectivity index is 1.69. The van der Waals surface area contributed by atoms with Crippen LogP contribution in [0.15, 0.2) is 53.5 Å². The second kappa shape index (κ2) is 11.5. The third-order valence-electron chi connectivity index (χ3n) is 4.01. The number of guanidine groups is 1. The number of carbonyl (C=O) groups excluding carboxylic acids is 1. The highest BCUT2D eigenvalue weighted by molar-refractivity contribution is 5.86. The van der Waals surface area contributed by atoms with E-state index in [0.717, 1.165) is 11.3 Å². The predicted octanol–water partition coefficient (Wildman–Crippen LogP) is 2.08. The molecule has 156 valence electrons. The van der Waals surface area contributed by atoms with E-state index in [0.29, 0.717) is 19.0 Å². The summed E-state index contributed by atoms with van der Waals surface area (Å²) in [6.07, 6.45) is -0.297. The summed E-state index contributed by atoms with van der Waals surface area (Å²) in [7, 11) is 3.21. The number of methoxy groups -OCH3 is 1. The maximum atomic E-state index is 13.6. The minimum absolute atomic E-state index is 0.0678. The smallest absolute Gasteiger partial charge is 0.239 e. The van der Waals surface area contributed by atoms with Gasteiger partial charge in [0.05, 0.1) is 20.2 Å². The Morgan fingerprint density at radius 1 is 1.10 bits per heavy atom. The number of ether oxygens (including phenoxy) is 2. The Kier molecular flexibility index (Phi) is 8.75. The zero-order valence-electron chi connectivity index (χ0n) is 16.9. The molecule has 2 aromatic carbocycles. The highest BCUT2D eigenvalue weighted by Gasteiger charge is 2.09. The van der Waals surface area contributed by atoms with E-state index in [1.807, 2.05) is 31.2 Å². The van der Waals surface area contributed by atoms with Crippen molar-refractivity contribution in [3.05, 3.63) is 59.9 Å². The van der Waals surface area contributed by atoms with Gasteiger partial charge in [-0.3, -0.25) is 9.79 Å². The average Bonchev–Trinajstić information content (AvgIpc) is 2.74. The number of aliphatic imine (C=N–C) groups is 1. The van der Waals surface area contributed by atoms with Crippen LogP contribution in [0.3, 0.4) is 0 Å². The predicted molar refractivity (Wildman–Crippen MR) is 111 cm³/mol. The van der Waals surface area contributed by atoms with E-state index in [2.05, 4.69) is 20.9 Å². The molecule has 0 heterocycles. The SMILES string of the molecule is CN=C(NCC(=O)NCc1ccc(OC)cc1)NCC(C)Oc1ccccc1F. The topological polar surface area (TPSA) is 84.0 Å². The summed E-state index contributed by atoms with van der Waals surface area (Å²) in [5.41, 5.74) is 0.973. The monoisotopic (exact) mass is 402 g/mol. The van der Waals surface area contributed by atoms with Gasteiger partial charge in [0.25, 0.3) is 0 Å². The highest BCUT2D eigenvalue weighted by atomic mass is 19.1. The van der Waals surface area contributed by atoms with Crippen LogP contribution in [0.4, 0.5) is 4.39 Å². The number of nitrogens with zero attached hydrogens (tertiary/aromatic N) is 1. The standard InChI is InChI=1S/C21H27FN4O3/c1-15(29-19-7-5-4-6-18(19)22)12-25-21(23-2)26-14-20(27)24-13-16-8-10-17(28-3)11-9-16/h4-11,15H,12-14H2,1-3H3,(H,24,27)(H2,23,25,26). The lowest BCUT2D eigenvalue weighted by Crippen LogP contribution is -2.45. The van der Waals surface area contributed by atoms with E-state index in [4.69, 9.17) is 9.47 Å². The molecule has 0 saturated heterocycles. The Morgan fingerprint density at radius 2 is 1.83 bits per heavy atom. The highest BCUT2D eigenvalue weighted by Crippen LogP contribution is 2.16. The van der Waals surface area contributed by atoms with E-state index < -0.39 is 5.82 Å². The van der Waals surface area contributed by atoms with E-state index in [-0.39, 0.29) is 24.3 Å². The van der Waals surface area contributed by atoms with Crippen molar-refractivity contribution >= 4 is 11.9 Å². The molecule has 7 nitrogen and oxygen atoms in total. The fourth-order valence-corrected chi connectivity index (χ4v) is 2.43. The number of para-hydroxylation sites is 1. The minimum Gasteiger partial charge on any atom is -0.497 e. The van der Waals surface area contributed by atoms with Gasteiger partial charge in [-0.15, -0.1) is 0 Å². The van der Waals surface area contributed by atoms with Crippen molar-refractivity contribution in [2.45, 2.75) is 19.6 Å². The summed E-state index contributed by atoms with van der Waals surface area (Å²) in [5.74, 6) is 0.843. The number of rotatable bonds is 9. The second-order valence-corrected chi connectivity index (χ2v) is 6.29. The lowest BCUT2D eigenvalue weighted by Gasteiger charge is -2.18. The fourth-order valence-electron chi connectivity index (χ4n) is 2.43. The van der Waals surface area contributed by atoms with E-state index in [9.17, 15) is 9.18 Å². The van der Waals surface area contributed by atoms with Crippen LogP contribution in [0, 0.1) is 5.82 Å². The number of halogens is 1. The molecule has 29 heavy (non-hydrogen) atoms. The maximum absolute atomic E-state index is 13.6. The van der Waals surface area contributed by atoms with Gasteiger partial charge in [-0.05, 0) is 36.8 Å². The van der Waals surface area contributed by atoms with Gasteiger partial charge in [-0.1, -0.05) is 24.3 Å². The molecule has 0 aliphatic carbocycles. The molecule has 0 fully saturated rings. The van der Waals surface area contributed by atoms with Crippen LogP contribution in [-0.2, 0) is 11.3 Å². The van der Waals surface area contributed by atoms with Gasteiger partial charge in [0.1, 0.15) is 11.9 Å². The lowest BCUT2D eigenvalue weighted by atomic mass is 10.2. The number of hydrogen-bond donors (Lipinski definition) is 3. The maximum Gasteiger partial charge on any atom is 0.239 e. The van der Waals surface area contributed by atoms with Crippen molar-refractivity contribution in [1.29, 1.82) is 0 Å². The molecule has 0 radical (unpaired) electrons. The number of benzene rings is 2. The number of hydrogen-bond acceptors (Lipinski definition) is 4. The molecule has 0 spiro atoms. The molecular formula is C21H27FN4O3. The molecule has 1 unspecified atom stereocenters. The molecule has 1 atom stereocenters. The van der Waals surface area contributed by atoms with Gasteiger partial charge in [-0.25, -0.2) is 4.39 Å². The van der Waals surface area contributed by atoms with Crippen LogP contribution in [0.2, 0.25) is 0 Å². The summed E-state index contributed by atoms with van der Waals surface area (Å²) in [4.78, 5) is 16.1. The normalized spacial score (nSPS) is 12.1. The molecule has 0 aliphatic heterocycles. The molecule has 2 aromatic rings. The van der Waals surface area contributed by atoms with Gasteiger partial charge in [0.15, 0.2) is 17.5 Å². The summed E-state index contributed by atoms with van der Waals surface area (Å²) in [6.45, 7) is 2.69. The fraction of sp³-hybridized carbons (Fsp3) is 0.333. The van der Waals surface area contributed by atoms with E-state index >= 15 is 0 Å². The number of amides is 1. The molecule has 3 N–H and O–H groups in total. The zero-order chi connectivity index (χ0) is 21.1. The van der Waals surface area contributed by atoms with Gasteiger partial charge in [0.2, 0.25) is 5.91 Å². The van der Waals surface area contributed by atoms with Crippen molar-refractivity contribution in [2.24, 2.45) is 4.99 Å². The minimum atomic E-state index is -0.407. The third-order valence-corrected chi connectivity index (χ3v) is 4.01. The van der Waals surface area contributed by atoms with Crippen LogP contribution in [-0.4, -0.2) is 45.2 Å². The zero-order valence-corrected chi connectivity index (χ0v) is 16.9. The van der Waals surface area contributed by atoms with Gasteiger partial charge in [0, 0.05) is 13.6 Å². The first-order valence-electron chi connectivity index (χ1n) is 9.27. The molecule has 0 saturated carbocycles. The molecule has 0 bridgehead atoms. The first kappa shape index (κ1) is 22.0. The summed E-state index contributed by atoms with van der Waals surface area (Å²) < 4.78 is 24.3.